The molecule has 0 aromatic heterocycles. The standard InChI is InChI=1S/C23H23F3N2O2/c1-27(20-10-9-16-6-2-3-8-19(16)20)22(30)17-12-21(29)28(14-17)13-15-5-4-7-18(11-15)23(24,25)26/h2-8,11,17,20H,9-10,12-14H2,1H3. The lowest BCUT2D eigenvalue weighted by molar-refractivity contribution is -0.137. The molecule has 1 heterocycles. The van der Waals surface area contributed by atoms with Crippen LogP contribution >= 0.6 is 0 Å². The predicted molar refractivity (Wildman–Crippen MR) is 105 cm³/mol. The highest BCUT2D eigenvalue weighted by atomic mass is 19.4. The fraction of sp³-hybridized carbons (Fsp3) is 0.391. The lowest BCUT2D eigenvalue weighted by atomic mass is 10.0. The van der Waals surface area contributed by atoms with Crippen LogP contribution in [0.2, 0.25) is 0 Å². The number of nitrogens with zero attached hydrogens (tertiary/aromatic N) is 2. The Morgan fingerprint density at radius 2 is 1.93 bits per heavy atom. The summed E-state index contributed by atoms with van der Waals surface area (Å²) >= 11 is 0. The highest BCUT2D eigenvalue weighted by Crippen LogP contribution is 2.36. The van der Waals surface area contributed by atoms with Gasteiger partial charge >= 0.3 is 6.18 Å². The summed E-state index contributed by atoms with van der Waals surface area (Å²) in [4.78, 5) is 28.7. The first-order valence-electron chi connectivity index (χ1n) is 10.0. The third-order valence-corrected chi connectivity index (χ3v) is 6.11. The van der Waals surface area contributed by atoms with Crippen molar-refractivity contribution in [2.24, 2.45) is 5.92 Å². The summed E-state index contributed by atoms with van der Waals surface area (Å²) in [5.74, 6) is -0.761. The van der Waals surface area contributed by atoms with E-state index < -0.39 is 17.7 Å². The Balaban J connectivity index is 1.43. The topological polar surface area (TPSA) is 40.6 Å². The van der Waals surface area contributed by atoms with Gasteiger partial charge in [0, 0.05) is 26.6 Å². The molecule has 30 heavy (non-hydrogen) atoms. The van der Waals surface area contributed by atoms with Crippen LogP contribution in [-0.4, -0.2) is 35.2 Å². The average molecular weight is 416 g/mol. The maximum Gasteiger partial charge on any atom is 0.416 e. The molecule has 1 saturated heterocycles. The van der Waals surface area contributed by atoms with E-state index >= 15 is 0 Å². The second-order valence-electron chi connectivity index (χ2n) is 8.08. The minimum atomic E-state index is -4.43. The number of hydrogen-bond donors (Lipinski definition) is 0. The smallest absolute Gasteiger partial charge is 0.338 e. The van der Waals surface area contributed by atoms with Gasteiger partial charge in [0.25, 0.3) is 0 Å². The van der Waals surface area contributed by atoms with E-state index in [4.69, 9.17) is 0 Å². The zero-order chi connectivity index (χ0) is 21.5. The molecule has 1 aliphatic heterocycles. The molecule has 2 atom stereocenters. The van der Waals surface area contributed by atoms with Gasteiger partial charge < -0.3 is 9.80 Å². The van der Waals surface area contributed by atoms with E-state index in [1.54, 1.807) is 18.0 Å². The number of amides is 2. The first kappa shape index (κ1) is 20.4. The van der Waals surface area contributed by atoms with Crippen molar-refractivity contribution in [2.45, 2.75) is 38.0 Å². The second-order valence-corrected chi connectivity index (χ2v) is 8.08. The highest BCUT2D eigenvalue weighted by Gasteiger charge is 2.39. The van der Waals surface area contributed by atoms with Gasteiger partial charge in [0.15, 0.2) is 0 Å². The van der Waals surface area contributed by atoms with E-state index in [2.05, 4.69) is 6.07 Å². The van der Waals surface area contributed by atoms with Gasteiger partial charge in [0.2, 0.25) is 11.8 Å². The van der Waals surface area contributed by atoms with Crippen LogP contribution in [0.25, 0.3) is 0 Å². The molecule has 0 spiro atoms. The summed E-state index contributed by atoms with van der Waals surface area (Å²) in [6.45, 7) is 0.301. The van der Waals surface area contributed by atoms with Crippen LogP contribution in [0.5, 0.6) is 0 Å². The normalized spacial score (nSPS) is 21.1. The van der Waals surface area contributed by atoms with Crippen molar-refractivity contribution in [3.63, 3.8) is 0 Å². The van der Waals surface area contributed by atoms with Crippen molar-refractivity contribution in [1.29, 1.82) is 0 Å². The third kappa shape index (κ3) is 3.93. The summed E-state index contributed by atoms with van der Waals surface area (Å²) in [5, 5.41) is 0. The minimum absolute atomic E-state index is 0.00122. The van der Waals surface area contributed by atoms with Gasteiger partial charge in [-0.05, 0) is 41.7 Å². The number of rotatable bonds is 4. The van der Waals surface area contributed by atoms with Crippen LogP contribution < -0.4 is 0 Å². The van der Waals surface area contributed by atoms with Crippen molar-refractivity contribution in [2.75, 3.05) is 13.6 Å². The van der Waals surface area contributed by atoms with Crippen LogP contribution in [0.15, 0.2) is 48.5 Å². The maximum atomic E-state index is 13.1. The number of alkyl halides is 3. The van der Waals surface area contributed by atoms with Crippen molar-refractivity contribution in [3.8, 4) is 0 Å². The van der Waals surface area contributed by atoms with Gasteiger partial charge in [-0.2, -0.15) is 13.2 Å². The molecule has 2 aromatic carbocycles. The maximum absolute atomic E-state index is 13.1. The summed E-state index contributed by atoms with van der Waals surface area (Å²) in [7, 11) is 1.77. The summed E-state index contributed by atoms with van der Waals surface area (Å²) in [6.07, 6.45) is -2.56. The van der Waals surface area contributed by atoms with Crippen molar-refractivity contribution >= 4 is 11.8 Å². The number of fused-ring (bicyclic) bond motifs is 1. The number of carbonyl (C=O) groups excluding carboxylic acids is 2. The molecular formula is C23H23F3N2O2. The van der Waals surface area contributed by atoms with E-state index in [1.807, 2.05) is 18.2 Å². The quantitative estimate of drug-likeness (QED) is 0.750. The first-order valence-corrected chi connectivity index (χ1v) is 10.0. The van der Waals surface area contributed by atoms with E-state index in [-0.39, 0.29) is 37.4 Å². The number of likely N-dealkylation sites (tertiary alicyclic amines) is 1. The average Bonchev–Trinajstić information content (AvgIpc) is 3.30. The van der Waals surface area contributed by atoms with Crippen LogP contribution in [0.1, 0.15) is 41.1 Å². The van der Waals surface area contributed by atoms with E-state index in [9.17, 15) is 22.8 Å². The Morgan fingerprint density at radius 3 is 2.70 bits per heavy atom. The Morgan fingerprint density at radius 1 is 1.17 bits per heavy atom. The molecule has 2 unspecified atom stereocenters. The second kappa shape index (κ2) is 7.78. The molecule has 2 aliphatic rings. The molecule has 1 fully saturated rings. The number of hydrogen-bond acceptors (Lipinski definition) is 2. The molecule has 4 rings (SSSR count). The molecule has 1 aliphatic carbocycles. The molecule has 2 amide bonds. The van der Waals surface area contributed by atoms with E-state index in [1.165, 1.54) is 16.5 Å². The van der Waals surface area contributed by atoms with Gasteiger partial charge in [-0.15, -0.1) is 0 Å². The number of halogens is 3. The van der Waals surface area contributed by atoms with E-state index in [0.717, 1.165) is 30.5 Å². The Kier molecular flexibility index (Phi) is 5.30. The SMILES string of the molecule is CN(C(=O)C1CC(=O)N(Cc2cccc(C(F)(F)F)c2)C1)C1CCc2ccccc21. The number of benzene rings is 2. The molecule has 0 N–H and O–H groups in total. The van der Waals surface area contributed by atoms with Gasteiger partial charge in [-0.1, -0.05) is 36.4 Å². The first-order chi connectivity index (χ1) is 14.2. The van der Waals surface area contributed by atoms with Crippen LogP contribution in [0.3, 0.4) is 0 Å². The molecule has 7 heteroatoms. The van der Waals surface area contributed by atoms with E-state index in [0.29, 0.717) is 5.56 Å². The molecule has 0 radical (unpaired) electrons. The minimum Gasteiger partial charge on any atom is -0.338 e. The van der Waals surface area contributed by atoms with Gasteiger partial charge in [0.1, 0.15) is 0 Å². The van der Waals surface area contributed by atoms with Gasteiger partial charge in [0.05, 0.1) is 17.5 Å². The number of aryl methyl sites for hydroxylation is 1. The Hall–Kier alpha value is -2.83. The van der Waals surface area contributed by atoms with Gasteiger partial charge in [-0.25, -0.2) is 0 Å². The molecule has 0 saturated carbocycles. The van der Waals surface area contributed by atoms with Crippen LogP contribution in [0.4, 0.5) is 13.2 Å². The van der Waals surface area contributed by atoms with Crippen LogP contribution in [0, 0.1) is 5.92 Å². The van der Waals surface area contributed by atoms with Crippen molar-refractivity contribution in [1.82, 2.24) is 9.80 Å². The zero-order valence-corrected chi connectivity index (χ0v) is 16.7. The zero-order valence-electron chi connectivity index (χ0n) is 16.7. The lowest BCUT2D eigenvalue weighted by Gasteiger charge is -2.28. The molecule has 4 nitrogen and oxygen atoms in total. The fourth-order valence-electron chi connectivity index (χ4n) is 4.54. The lowest BCUT2D eigenvalue weighted by Crippen LogP contribution is -2.36. The monoisotopic (exact) mass is 416 g/mol. The summed E-state index contributed by atoms with van der Waals surface area (Å²) < 4.78 is 38.8. The van der Waals surface area contributed by atoms with Crippen molar-refractivity contribution in [3.05, 3.63) is 70.8 Å². The number of carbonyl (C=O) groups is 2. The highest BCUT2D eigenvalue weighted by molar-refractivity contribution is 5.89. The fourth-order valence-corrected chi connectivity index (χ4v) is 4.54. The van der Waals surface area contributed by atoms with Crippen molar-refractivity contribution < 1.29 is 22.8 Å². The largest absolute Gasteiger partial charge is 0.416 e. The summed E-state index contributed by atoms with van der Waals surface area (Å²) in [6, 6.07) is 13.0. The third-order valence-electron chi connectivity index (χ3n) is 6.11. The summed E-state index contributed by atoms with van der Waals surface area (Å²) in [5.41, 5.74) is 2.07. The molecule has 2 aromatic rings. The molecule has 0 bridgehead atoms. The van der Waals surface area contributed by atoms with Gasteiger partial charge in [-0.3, -0.25) is 9.59 Å². The van der Waals surface area contributed by atoms with Crippen LogP contribution in [-0.2, 0) is 28.7 Å². The Bertz CT molecular complexity index is 973. The molecular weight excluding hydrogens is 393 g/mol. The Labute approximate surface area is 173 Å². The molecule has 158 valence electrons. The predicted octanol–water partition coefficient (Wildman–Crippen LogP) is 4.20.